The van der Waals surface area contributed by atoms with E-state index >= 15 is 0 Å². The Bertz CT molecular complexity index is 991. The summed E-state index contributed by atoms with van der Waals surface area (Å²) in [4.78, 5) is 16.9. The third-order valence-corrected chi connectivity index (χ3v) is 4.87. The molecule has 0 aliphatic heterocycles. The van der Waals surface area contributed by atoms with Crippen LogP contribution >= 0.6 is 0 Å². The summed E-state index contributed by atoms with van der Waals surface area (Å²) < 4.78 is 62.9. The number of amides is 1. The number of aliphatic imine (C=N–C) groups is 1. The standard InChI is InChI=1S/C20H23F3N4O4S/c1-27(2)9-10-32(29)30-12-13-3-6-15(7-4-13)31-17-8-5-14(18(28)26-19(24)25)11-16(17)20(21,22)23/h3-8,11H,9-10,12H2,1-2H3,(H4,24,25,26,28). The number of benzene rings is 2. The number of carbonyl (C=O) groups excluding carboxylic acids is 1. The number of ether oxygens (including phenoxy) is 1. The van der Waals surface area contributed by atoms with Crippen LogP contribution in [0.4, 0.5) is 13.2 Å². The molecule has 12 heteroatoms. The van der Waals surface area contributed by atoms with Crippen LogP contribution < -0.4 is 16.2 Å². The van der Waals surface area contributed by atoms with Crippen molar-refractivity contribution in [3.63, 3.8) is 0 Å². The van der Waals surface area contributed by atoms with Gasteiger partial charge in [0.2, 0.25) is 0 Å². The van der Waals surface area contributed by atoms with Gasteiger partial charge in [-0.15, -0.1) is 0 Å². The molecule has 2 rings (SSSR count). The lowest BCUT2D eigenvalue weighted by Gasteiger charge is -2.15. The maximum Gasteiger partial charge on any atom is 0.420 e. The topological polar surface area (TPSA) is 120 Å². The number of hydrogen-bond donors (Lipinski definition) is 2. The van der Waals surface area contributed by atoms with E-state index in [1.54, 1.807) is 12.1 Å². The predicted molar refractivity (Wildman–Crippen MR) is 114 cm³/mol. The smallest absolute Gasteiger partial charge is 0.420 e. The highest BCUT2D eigenvalue weighted by molar-refractivity contribution is 7.80. The van der Waals surface area contributed by atoms with Crippen molar-refractivity contribution < 1.29 is 31.1 Å². The van der Waals surface area contributed by atoms with Crippen molar-refractivity contribution in [3.05, 3.63) is 59.2 Å². The second-order valence-corrected chi connectivity index (χ2v) is 8.12. The Morgan fingerprint density at radius 1 is 1.12 bits per heavy atom. The van der Waals surface area contributed by atoms with Crippen molar-refractivity contribution in [2.75, 3.05) is 26.4 Å². The van der Waals surface area contributed by atoms with E-state index < -0.39 is 40.4 Å². The Hall–Kier alpha value is -2.96. The Morgan fingerprint density at radius 2 is 1.78 bits per heavy atom. The third kappa shape index (κ3) is 7.94. The summed E-state index contributed by atoms with van der Waals surface area (Å²) in [5, 5.41) is 0. The van der Waals surface area contributed by atoms with Crippen LogP contribution in [0.15, 0.2) is 47.5 Å². The van der Waals surface area contributed by atoms with Crippen LogP contribution in [0.5, 0.6) is 11.5 Å². The summed E-state index contributed by atoms with van der Waals surface area (Å²) in [5.74, 6) is -1.57. The molecule has 1 amide bonds. The van der Waals surface area contributed by atoms with E-state index in [4.69, 9.17) is 20.4 Å². The normalized spacial score (nSPS) is 12.4. The number of alkyl halides is 3. The molecule has 0 spiro atoms. The van der Waals surface area contributed by atoms with Crippen molar-refractivity contribution in [2.45, 2.75) is 12.8 Å². The van der Waals surface area contributed by atoms with E-state index in [2.05, 4.69) is 4.99 Å². The summed E-state index contributed by atoms with van der Waals surface area (Å²) in [6.45, 7) is 0.687. The molecule has 0 fully saturated rings. The van der Waals surface area contributed by atoms with Gasteiger partial charge in [0, 0.05) is 12.1 Å². The molecule has 1 unspecified atom stereocenters. The van der Waals surface area contributed by atoms with Gasteiger partial charge in [0.25, 0.3) is 5.91 Å². The molecule has 32 heavy (non-hydrogen) atoms. The monoisotopic (exact) mass is 472 g/mol. The molecule has 0 radical (unpaired) electrons. The average molecular weight is 472 g/mol. The highest BCUT2D eigenvalue weighted by atomic mass is 32.2. The van der Waals surface area contributed by atoms with E-state index in [1.165, 1.54) is 12.1 Å². The molecule has 4 N–H and O–H groups in total. The molecule has 2 aromatic rings. The van der Waals surface area contributed by atoms with Gasteiger partial charge in [-0.05, 0) is 50.0 Å². The molecule has 0 heterocycles. The number of nitrogens with two attached hydrogens (primary N) is 2. The average Bonchev–Trinajstić information content (AvgIpc) is 2.70. The molecule has 0 saturated heterocycles. The van der Waals surface area contributed by atoms with Gasteiger partial charge in [-0.2, -0.15) is 18.2 Å². The summed E-state index contributed by atoms with van der Waals surface area (Å²) in [6, 6.07) is 8.86. The van der Waals surface area contributed by atoms with Crippen molar-refractivity contribution in [1.82, 2.24) is 4.90 Å². The Balaban J connectivity index is 2.12. The molecule has 0 aliphatic rings. The van der Waals surface area contributed by atoms with E-state index in [0.29, 0.717) is 23.9 Å². The minimum absolute atomic E-state index is 0.0791. The van der Waals surface area contributed by atoms with Crippen molar-refractivity contribution >= 4 is 22.9 Å². The van der Waals surface area contributed by atoms with Crippen molar-refractivity contribution in [3.8, 4) is 11.5 Å². The van der Waals surface area contributed by atoms with Crippen LogP contribution in [0.2, 0.25) is 0 Å². The fourth-order valence-electron chi connectivity index (χ4n) is 2.39. The van der Waals surface area contributed by atoms with Crippen molar-refractivity contribution in [2.24, 2.45) is 16.5 Å². The SMILES string of the molecule is CN(C)CCS(=O)OCc1ccc(Oc2ccc(C(=O)N=C(N)N)cc2C(F)(F)F)cc1. The zero-order chi connectivity index (χ0) is 23.9. The summed E-state index contributed by atoms with van der Waals surface area (Å²) in [5.41, 5.74) is 9.37. The molecule has 0 saturated carbocycles. The summed E-state index contributed by atoms with van der Waals surface area (Å²) in [7, 11) is 3.71. The number of halogens is 3. The quantitative estimate of drug-likeness (QED) is 0.425. The van der Waals surface area contributed by atoms with Crippen molar-refractivity contribution in [1.29, 1.82) is 0 Å². The first-order chi connectivity index (χ1) is 15.0. The highest BCUT2D eigenvalue weighted by Crippen LogP contribution is 2.39. The zero-order valence-electron chi connectivity index (χ0n) is 17.4. The molecule has 174 valence electrons. The fraction of sp³-hybridized carbons (Fsp3) is 0.300. The number of rotatable bonds is 9. The molecule has 0 bridgehead atoms. The van der Waals surface area contributed by atoms with Gasteiger partial charge < -0.3 is 21.1 Å². The van der Waals surface area contributed by atoms with E-state index in [1.807, 2.05) is 19.0 Å². The Kier molecular flexibility index (Phi) is 8.75. The largest absolute Gasteiger partial charge is 0.457 e. The van der Waals surface area contributed by atoms with Gasteiger partial charge in [0.15, 0.2) is 17.0 Å². The third-order valence-electron chi connectivity index (χ3n) is 3.98. The second kappa shape index (κ2) is 11.1. The van der Waals surface area contributed by atoms with Gasteiger partial charge in [0.1, 0.15) is 11.5 Å². The van der Waals surface area contributed by atoms with Crippen LogP contribution in [-0.4, -0.2) is 47.4 Å². The summed E-state index contributed by atoms with van der Waals surface area (Å²) in [6.07, 6.45) is -4.78. The predicted octanol–water partition coefficient (Wildman–Crippen LogP) is 2.65. The van der Waals surface area contributed by atoms with E-state index in [9.17, 15) is 22.2 Å². The van der Waals surface area contributed by atoms with E-state index in [0.717, 1.165) is 12.1 Å². The second-order valence-electron chi connectivity index (χ2n) is 6.87. The summed E-state index contributed by atoms with van der Waals surface area (Å²) >= 11 is -1.45. The van der Waals surface area contributed by atoms with Crippen LogP contribution in [0, 0.1) is 0 Å². The first kappa shape index (κ1) is 25.3. The molecule has 2 aromatic carbocycles. The first-order valence-electron chi connectivity index (χ1n) is 9.24. The van der Waals surface area contributed by atoms with Crippen LogP contribution in [0.25, 0.3) is 0 Å². The fourth-order valence-corrected chi connectivity index (χ4v) is 3.29. The minimum Gasteiger partial charge on any atom is -0.457 e. The highest BCUT2D eigenvalue weighted by Gasteiger charge is 2.35. The number of guanidine groups is 1. The molecule has 0 aliphatic carbocycles. The van der Waals surface area contributed by atoms with E-state index in [-0.39, 0.29) is 17.9 Å². The van der Waals surface area contributed by atoms with Gasteiger partial charge >= 0.3 is 6.18 Å². The first-order valence-corrected chi connectivity index (χ1v) is 10.5. The molecular formula is C20H23F3N4O4S. The zero-order valence-corrected chi connectivity index (χ0v) is 18.2. The Labute approximate surface area is 185 Å². The van der Waals surface area contributed by atoms with Crippen LogP contribution in [-0.2, 0) is 28.0 Å². The lowest BCUT2D eigenvalue weighted by atomic mass is 10.1. The molecular weight excluding hydrogens is 449 g/mol. The maximum absolute atomic E-state index is 13.5. The molecule has 0 aromatic heterocycles. The van der Waals surface area contributed by atoms with Crippen LogP contribution in [0.3, 0.4) is 0 Å². The van der Waals surface area contributed by atoms with Crippen LogP contribution in [0.1, 0.15) is 21.5 Å². The number of carbonyl (C=O) groups is 1. The minimum atomic E-state index is -4.78. The van der Waals surface area contributed by atoms with Gasteiger partial charge in [-0.3, -0.25) is 8.98 Å². The lowest BCUT2D eigenvalue weighted by molar-refractivity contribution is -0.138. The molecule has 1 atom stereocenters. The van der Waals surface area contributed by atoms with Gasteiger partial charge in [0.05, 0.1) is 17.9 Å². The maximum atomic E-state index is 13.5. The number of hydrogen-bond acceptors (Lipinski definition) is 5. The molecule has 8 nitrogen and oxygen atoms in total. The van der Waals surface area contributed by atoms with Gasteiger partial charge in [-0.25, -0.2) is 4.21 Å². The van der Waals surface area contributed by atoms with Gasteiger partial charge in [-0.1, -0.05) is 12.1 Å². The lowest BCUT2D eigenvalue weighted by Crippen LogP contribution is -2.24. The number of nitrogens with zero attached hydrogens (tertiary/aromatic N) is 2. The Morgan fingerprint density at radius 3 is 2.34 bits per heavy atom.